The Morgan fingerprint density at radius 3 is 2.90 bits per heavy atom. The summed E-state index contributed by atoms with van der Waals surface area (Å²) in [7, 11) is 0. The molecule has 0 radical (unpaired) electrons. The molecule has 1 amide bonds. The minimum Gasteiger partial charge on any atom is -0.361 e. The summed E-state index contributed by atoms with van der Waals surface area (Å²) < 4.78 is 4.99. The maximum absolute atomic E-state index is 12.1. The highest BCUT2D eigenvalue weighted by molar-refractivity contribution is 7.99. The third-order valence-electron chi connectivity index (χ3n) is 2.66. The van der Waals surface area contributed by atoms with Crippen LogP contribution in [-0.4, -0.2) is 16.3 Å². The second-order valence-corrected chi connectivity index (χ2v) is 6.09. The normalized spacial score (nSPS) is 12.2. The molecular formula is C14H15ClN2O2S. The maximum atomic E-state index is 12.1. The first-order chi connectivity index (χ1) is 9.56. The molecule has 0 aliphatic rings. The lowest BCUT2D eigenvalue weighted by molar-refractivity contribution is -0.115. The summed E-state index contributed by atoms with van der Waals surface area (Å²) in [5.74, 6) is 1.33. The molecule has 20 heavy (non-hydrogen) atoms. The van der Waals surface area contributed by atoms with Crippen LogP contribution in [0.25, 0.3) is 0 Å². The molecule has 1 aromatic heterocycles. The summed E-state index contributed by atoms with van der Waals surface area (Å²) in [5.41, 5.74) is 1.47. The van der Waals surface area contributed by atoms with Crippen molar-refractivity contribution in [1.29, 1.82) is 0 Å². The number of aromatic nitrogens is 1. The van der Waals surface area contributed by atoms with Crippen LogP contribution in [0.5, 0.6) is 0 Å². The third kappa shape index (κ3) is 4.02. The Morgan fingerprint density at radius 1 is 1.50 bits per heavy atom. The number of halogens is 1. The Bertz CT molecular complexity index is 600. The van der Waals surface area contributed by atoms with Crippen LogP contribution >= 0.6 is 23.4 Å². The number of hydrogen-bond donors (Lipinski definition) is 1. The van der Waals surface area contributed by atoms with E-state index in [2.05, 4.69) is 10.5 Å². The molecule has 6 heteroatoms. The summed E-state index contributed by atoms with van der Waals surface area (Å²) >= 11 is 7.50. The number of aryl methyl sites for hydroxylation is 1. The maximum Gasteiger partial charge on any atom is 0.237 e. The van der Waals surface area contributed by atoms with Gasteiger partial charge < -0.3 is 9.84 Å². The van der Waals surface area contributed by atoms with Crippen molar-refractivity contribution in [3.8, 4) is 0 Å². The minimum atomic E-state index is -0.205. The van der Waals surface area contributed by atoms with Gasteiger partial charge in [-0.15, -0.1) is 11.8 Å². The number of rotatable bonds is 5. The lowest BCUT2D eigenvalue weighted by Crippen LogP contribution is -2.22. The molecule has 0 aliphatic carbocycles. The third-order valence-corrected chi connectivity index (χ3v) is 4.17. The predicted molar refractivity (Wildman–Crippen MR) is 82.1 cm³/mol. The van der Waals surface area contributed by atoms with E-state index in [4.69, 9.17) is 16.1 Å². The lowest BCUT2D eigenvalue weighted by Gasteiger charge is -2.12. The van der Waals surface area contributed by atoms with Gasteiger partial charge in [0.2, 0.25) is 5.91 Å². The second kappa shape index (κ2) is 6.81. The average Bonchev–Trinajstić information content (AvgIpc) is 2.84. The van der Waals surface area contributed by atoms with Gasteiger partial charge in [0.05, 0.1) is 21.7 Å². The number of benzene rings is 1. The van der Waals surface area contributed by atoms with Gasteiger partial charge in [0.1, 0.15) is 5.76 Å². The van der Waals surface area contributed by atoms with E-state index in [0.29, 0.717) is 16.5 Å². The Morgan fingerprint density at radius 2 is 2.25 bits per heavy atom. The molecule has 1 heterocycles. The molecule has 0 saturated heterocycles. The summed E-state index contributed by atoms with van der Waals surface area (Å²) in [5, 5.41) is 7.04. The first-order valence-corrected chi connectivity index (χ1v) is 7.58. The Kier molecular flexibility index (Phi) is 5.09. The topological polar surface area (TPSA) is 55.1 Å². The van der Waals surface area contributed by atoms with Crippen LogP contribution in [0, 0.1) is 6.92 Å². The number of nitrogens with zero attached hydrogens (tertiary/aromatic N) is 1. The molecule has 0 saturated carbocycles. The zero-order chi connectivity index (χ0) is 14.5. The van der Waals surface area contributed by atoms with Gasteiger partial charge in [-0.05, 0) is 26.0 Å². The van der Waals surface area contributed by atoms with Crippen LogP contribution in [0.2, 0.25) is 5.02 Å². The molecular weight excluding hydrogens is 296 g/mol. The summed E-state index contributed by atoms with van der Waals surface area (Å²) in [6.07, 6.45) is 0. The molecule has 0 unspecified atom stereocenters. The SMILES string of the molecule is Cc1cc(CS[C@H](C)C(=O)Nc2ccccc2Cl)no1. The number of para-hydroxylation sites is 1. The minimum absolute atomic E-state index is 0.0803. The largest absolute Gasteiger partial charge is 0.361 e. The second-order valence-electron chi connectivity index (χ2n) is 4.35. The van der Waals surface area contributed by atoms with Gasteiger partial charge in [0, 0.05) is 11.8 Å². The van der Waals surface area contributed by atoms with Crippen molar-refractivity contribution in [2.75, 3.05) is 5.32 Å². The fourth-order valence-corrected chi connectivity index (χ4v) is 2.52. The first kappa shape index (κ1) is 14.9. The number of hydrogen-bond acceptors (Lipinski definition) is 4. The van der Waals surface area contributed by atoms with Crippen LogP contribution < -0.4 is 5.32 Å². The van der Waals surface area contributed by atoms with Gasteiger partial charge >= 0.3 is 0 Å². The van der Waals surface area contributed by atoms with E-state index in [9.17, 15) is 4.79 Å². The van der Waals surface area contributed by atoms with Crippen molar-refractivity contribution in [1.82, 2.24) is 5.16 Å². The Hall–Kier alpha value is -1.46. The number of carbonyl (C=O) groups excluding carboxylic acids is 1. The number of nitrogens with one attached hydrogen (secondary N) is 1. The fraction of sp³-hybridized carbons (Fsp3) is 0.286. The number of carbonyl (C=O) groups is 1. The monoisotopic (exact) mass is 310 g/mol. The summed E-state index contributed by atoms with van der Waals surface area (Å²) in [6.45, 7) is 3.69. The van der Waals surface area contributed by atoms with E-state index in [1.165, 1.54) is 11.8 Å². The molecule has 0 bridgehead atoms. The molecule has 2 rings (SSSR count). The zero-order valence-electron chi connectivity index (χ0n) is 11.2. The number of amides is 1. The lowest BCUT2D eigenvalue weighted by atomic mass is 10.3. The van der Waals surface area contributed by atoms with Gasteiger partial charge in [-0.2, -0.15) is 0 Å². The van der Waals surface area contributed by atoms with Crippen molar-refractivity contribution >= 4 is 35.0 Å². The van der Waals surface area contributed by atoms with E-state index >= 15 is 0 Å². The highest BCUT2D eigenvalue weighted by atomic mass is 35.5. The van der Waals surface area contributed by atoms with Crippen molar-refractivity contribution in [3.05, 3.63) is 46.8 Å². The van der Waals surface area contributed by atoms with E-state index in [-0.39, 0.29) is 11.2 Å². The van der Waals surface area contributed by atoms with Crippen LogP contribution in [0.3, 0.4) is 0 Å². The van der Waals surface area contributed by atoms with E-state index in [0.717, 1.165) is 11.5 Å². The molecule has 106 valence electrons. The van der Waals surface area contributed by atoms with Gasteiger partial charge in [-0.1, -0.05) is 28.9 Å². The van der Waals surface area contributed by atoms with Crippen molar-refractivity contribution in [2.24, 2.45) is 0 Å². The quantitative estimate of drug-likeness (QED) is 0.910. The molecule has 0 spiro atoms. The number of thioether (sulfide) groups is 1. The highest BCUT2D eigenvalue weighted by Crippen LogP contribution is 2.23. The molecule has 1 N–H and O–H groups in total. The van der Waals surface area contributed by atoms with Gasteiger partial charge in [-0.3, -0.25) is 4.79 Å². The van der Waals surface area contributed by atoms with Crippen LogP contribution in [-0.2, 0) is 10.5 Å². The van der Waals surface area contributed by atoms with Gasteiger partial charge in [-0.25, -0.2) is 0 Å². The zero-order valence-corrected chi connectivity index (χ0v) is 12.8. The van der Waals surface area contributed by atoms with Crippen molar-refractivity contribution in [2.45, 2.75) is 24.9 Å². The highest BCUT2D eigenvalue weighted by Gasteiger charge is 2.15. The molecule has 4 nitrogen and oxygen atoms in total. The van der Waals surface area contributed by atoms with Gasteiger partial charge in [0.15, 0.2) is 0 Å². The molecule has 1 atom stereocenters. The van der Waals surface area contributed by atoms with Gasteiger partial charge in [0.25, 0.3) is 0 Å². The molecule has 1 aromatic carbocycles. The van der Waals surface area contributed by atoms with Crippen LogP contribution in [0.15, 0.2) is 34.9 Å². The van der Waals surface area contributed by atoms with Crippen molar-refractivity contribution in [3.63, 3.8) is 0 Å². The standard InChI is InChI=1S/C14H15ClN2O2S/c1-9-7-11(17-19-9)8-20-10(2)14(18)16-13-6-4-3-5-12(13)15/h3-7,10H,8H2,1-2H3,(H,16,18)/t10-/m1/s1. The van der Waals surface area contributed by atoms with Crippen LogP contribution in [0.1, 0.15) is 18.4 Å². The molecule has 0 fully saturated rings. The number of anilines is 1. The van der Waals surface area contributed by atoms with Crippen LogP contribution in [0.4, 0.5) is 5.69 Å². The Balaban J connectivity index is 1.87. The van der Waals surface area contributed by atoms with E-state index < -0.39 is 0 Å². The fourth-order valence-electron chi connectivity index (χ4n) is 1.57. The first-order valence-electron chi connectivity index (χ1n) is 6.15. The molecule has 2 aromatic rings. The van der Waals surface area contributed by atoms with E-state index in [1.54, 1.807) is 12.1 Å². The average molecular weight is 311 g/mol. The Labute approximate surface area is 126 Å². The van der Waals surface area contributed by atoms with E-state index in [1.807, 2.05) is 32.0 Å². The smallest absolute Gasteiger partial charge is 0.237 e. The summed E-state index contributed by atoms with van der Waals surface area (Å²) in [6, 6.07) is 9.04. The predicted octanol–water partition coefficient (Wildman–Crippen LogP) is 3.90. The molecule has 0 aliphatic heterocycles. The van der Waals surface area contributed by atoms with Crippen molar-refractivity contribution < 1.29 is 9.32 Å². The summed E-state index contributed by atoms with van der Waals surface area (Å²) in [4.78, 5) is 12.1.